The minimum atomic E-state index is -0.195. The van der Waals surface area contributed by atoms with Crippen molar-refractivity contribution in [1.82, 2.24) is 0 Å². The summed E-state index contributed by atoms with van der Waals surface area (Å²) in [6.07, 6.45) is 3.37. The second-order valence-electron chi connectivity index (χ2n) is 10.8. The molecule has 0 heterocycles. The molecule has 5 rings (SSSR count). The van der Waals surface area contributed by atoms with Crippen LogP contribution in [-0.2, 0) is 19.8 Å². The highest BCUT2D eigenvalue weighted by Gasteiger charge is 2.19. The van der Waals surface area contributed by atoms with Gasteiger partial charge in [-0.3, -0.25) is 4.79 Å². The van der Waals surface area contributed by atoms with E-state index in [4.69, 9.17) is 18.9 Å². The Bertz CT molecular complexity index is 1760. The lowest BCUT2D eigenvalue weighted by Gasteiger charge is -2.20. The van der Waals surface area contributed by atoms with Crippen LogP contribution in [0.2, 0.25) is 0 Å². The highest BCUT2D eigenvalue weighted by Crippen LogP contribution is 2.39. The summed E-state index contributed by atoms with van der Waals surface area (Å²) in [5.41, 5.74) is 7.24. The van der Waals surface area contributed by atoms with Crippen molar-refractivity contribution in [2.24, 2.45) is 0 Å². The molecule has 0 unspecified atom stereocenters. The van der Waals surface area contributed by atoms with E-state index >= 15 is 0 Å². The van der Waals surface area contributed by atoms with Gasteiger partial charge in [-0.1, -0.05) is 91.0 Å². The zero-order valence-corrected chi connectivity index (χ0v) is 26.2. The van der Waals surface area contributed by atoms with Crippen molar-refractivity contribution in [3.05, 3.63) is 160 Å². The first-order valence-corrected chi connectivity index (χ1v) is 15.0. The summed E-state index contributed by atoms with van der Waals surface area (Å²) in [5.74, 6) is 2.38. The van der Waals surface area contributed by atoms with Gasteiger partial charge in [-0.25, -0.2) is 0 Å². The van der Waals surface area contributed by atoms with Gasteiger partial charge in [0.1, 0.15) is 42.8 Å². The molecule has 0 radical (unpaired) electrons. The number of methoxy groups -OCH3 is 1. The van der Waals surface area contributed by atoms with Crippen LogP contribution in [0, 0.1) is 20.8 Å². The number of carbonyl (C=O) groups is 1. The molecule has 5 nitrogen and oxygen atoms in total. The largest absolute Gasteiger partial charge is 0.496 e. The summed E-state index contributed by atoms with van der Waals surface area (Å²) in [7, 11) is 1.65. The Kier molecular flexibility index (Phi) is 10.3. The topological polar surface area (TPSA) is 54.0 Å². The lowest BCUT2D eigenvalue weighted by Crippen LogP contribution is -2.05. The third-order valence-corrected chi connectivity index (χ3v) is 7.77. The van der Waals surface area contributed by atoms with Gasteiger partial charge >= 0.3 is 0 Å². The summed E-state index contributed by atoms with van der Waals surface area (Å²) in [5, 5.41) is 0. The van der Waals surface area contributed by atoms with Crippen LogP contribution in [0.5, 0.6) is 23.0 Å². The summed E-state index contributed by atoms with van der Waals surface area (Å²) < 4.78 is 24.4. The third kappa shape index (κ3) is 7.81. The van der Waals surface area contributed by atoms with Gasteiger partial charge in [-0.05, 0) is 72.9 Å². The Balaban J connectivity index is 1.42. The molecule has 0 aliphatic heterocycles. The number of carbonyl (C=O) groups excluding carboxylic acids is 1. The predicted molar refractivity (Wildman–Crippen MR) is 179 cm³/mol. The summed E-state index contributed by atoms with van der Waals surface area (Å²) in [4.78, 5) is 13.7. The molecule has 5 aromatic carbocycles. The van der Waals surface area contributed by atoms with E-state index in [1.807, 2.05) is 112 Å². The van der Waals surface area contributed by atoms with E-state index in [-0.39, 0.29) is 5.78 Å². The molecule has 0 N–H and O–H groups in total. The van der Waals surface area contributed by atoms with Crippen molar-refractivity contribution >= 4 is 11.9 Å². The number of benzene rings is 5. The Morgan fingerprint density at radius 3 is 1.67 bits per heavy atom. The summed E-state index contributed by atoms with van der Waals surface area (Å²) in [6.45, 7) is 7.20. The van der Waals surface area contributed by atoms with Gasteiger partial charge in [0, 0.05) is 17.2 Å². The van der Waals surface area contributed by atoms with E-state index in [2.05, 4.69) is 0 Å². The van der Waals surface area contributed by atoms with E-state index in [1.165, 1.54) is 0 Å². The van der Waals surface area contributed by atoms with Crippen LogP contribution in [0.1, 0.15) is 49.3 Å². The van der Waals surface area contributed by atoms with E-state index in [0.717, 1.165) is 44.7 Å². The minimum absolute atomic E-state index is 0.195. The van der Waals surface area contributed by atoms with Crippen LogP contribution in [0.4, 0.5) is 0 Å². The number of allylic oxidation sites excluding steroid dienone is 1. The van der Waals surface area contributed by atoms with Gasteiger partial charge in [-0.15, -0.1) is 0 Å². The maximum absolute atomic E-state index is 13.7. The van der Waals surface area contributed by atoms with Crippen LogP contribution in [0.15, 0.2) is 115 Å². The Labute approximate surface area is 265 Å². The first kappa shape index (κ1) is 31.1. The van der Waals surface area contributed by atoms with Crippen LogP contribution in [0.25, 0.3) is 6.08 Å². The van der Waals surface area contributed by atoms with Crippen LogP contribution in [0.3, 0.4) is 0 Å². The second-order valence-corrected chi connectivity index (χ2v) is 10.8. The van der Waals surface area contributed by atoms with E-state index in [1.54, 1.807) is 37.5 Å². The highest BCUT2D eigenvalue weighted by molar-refractivity contribution is 6.09. The molecule has 0 saturated carbocycles. The minimum Gasteiger partial charge on any atom is -0.496 e. The van der Waals surface area contributed by atoms with Gasteiger partial charge in [0.25, 0.3) is 0 Å². The standard InChI is InChI=1S/C40H38O5/c1-28-29(2)40(42-4)35(30(3)39(28)45-27-33-18-12-7-13-19-33)22-23-37(41)36-21-20-34(43-25-31-14-8-5-9-15-31)24-38(36)44-26-32-16-10-6-11-17-32/h5-24H,25-27H2,1-4H3. The molecule has 0 atom stereocenters. The number of hydrogen-bond acceptors (Lipinski definition) is 5. The first-order valence-electron chi connectivity index (χ1n) is 15.0. The molecule has 0 aromatic heterocycles. The molecular formula is C40H38O5. The quantitative estimate of drug-likeness (QED) is 0.0999. The summed E-state index contributed by atoms with van der Waals surface area (Å²) >= 11 is 0. The fraction of sp³-hybridized carbons (Fsp3) is 0.175. The van der Waals surface area contributed by atoms with Gasteiger partial charge in [0.15, 0.2) is 5.78 Å². The zero-order chi connectivity index (χ0) is 31.6. The monoisotopic (exact) mass is 598 g/mol. The molecule has 0 amide bonds. The van der Waals surface area contributed by atoms with Crippen molar-refractivity contribution in [1.29, 1.82) is 0 Å². The van der Waals surface area contributed by atoms with Gasteiger partial charge in [-0.2, -0.15) is 0 Å². The van der Waals surface area contributed by atoms with Gasteiger partial charge in [0.05, 0.1) is 12.7 Å². The average Bonchev–Trinajstić information content (AvgIpc) is 3.08. The Morgan fingerprint density at radius 1 is 0.600 bits per heavy atom. The lowest BCUT2D eigenvalue weighted by molar-refractivity contribution is 0.104. The lowest BCUT2D eigenvalue weighted by atomic mass is 9.96. The van der Waals surface area contributed by atoms with E-state index in [0.29, 0.717) is 42.6 Å². The third-order valence-electron chi connectivity index (χ3n) is 7.77. The molecule has 0 spiro atoms. The average molecular weight is 599 g/mol. The first-order chi connectivity index (χ1) is 21.9. The maximum Gasteiger partial charge on any atom is 0.189 e. The fourth-order valence-corrected chi connectivity index (χ4v) is 5.17. The van der Waals surface area contributed by atoms with Crippen molar-refractivity contribution in [2.45, 2.75) is 40.6 Å². The molecule has 45 heavy (non-hydrogen) atoms. The van der Waals surface area contributed by atoms with E-state index in [9.17, 15) is 4.79 Å². The van der Waals surface area contributed by atoms with Crippen molar-refractivity contribution < 1.29 is 23.7 Å². The molecule has 0 bridgehead atoms. The molecule has 5 heteroatoms. The highest BCUT2D eigenvalue weighted by atomic mass is 16.5. The second kappa shape index (κ2) is 14.9. The number of hydrogen-bond donors (Lipinski definition) is 0. The molecule has 0 saturated heterocycles. The molecule has 228 valence electrons. The molecule has 0 aliphatic carbocycles. The predicted octanol–water partition coefficient (Wildman–Crippen LogP) is 9.25. The molecule has 0 fully saturated rings. The Hall–Kier alpha value is -5.29. The Morgan fingerprint density at radius 2 is 1.11 bits per heavy atom. The molecule has 5 aromatic rings. The zero-order valence-electron chi connectivity index (χ0n) is 26.2. The number of rotatable bonds is 13. The van der Waals surface area contributed by atoms with Gasteiger partial charge in [0.2, 0.25) is 0 Å². The van der Waals surface area contributed by atoms with Crippen LogP contribution < -0.4 is 18.9 Å². The van der Waals surface area contributed by atoms with Crippen molar-refractivity contribution in [3.8, 4) is 23.0 Å². The van der Waals surface area contributed by atoms with Crippen LogP contribution in [-0.4, -0.2) is 12.9 Å². The normalized spacial score (nSPS) is 10.9. The van der Waals surface area contributed by atoms with Crippen LogP contribution >= 0.6 is 0 Å². The van der Waals surface area contributed by atoms with Crippen molar-refractivity contribution in [2.75, 3.05) is 7.11 Å². The molecular weight excluding hydrogens is 560 g/mol. The van der Waals surface area contributed by atoms with Crippen molar-refractivity contribution in [3.63, 3.8) is 0 Å². The SMILES string of the molecule is COc1c(C)c(C)c(OCc2ccccc2)c(C)c1C=CC(=O)c1ccc(OCc2ccccc2)cc1OCc1ccccc1. The fourth-order valence-electron chi connectivity index (χ4n) is 5.17. The summed E-state index contributed by atoms with van der Waals surface area (Å²) in [6, 6.07) is 35.2. The smallest absolute Gasteiger partial charge is 0.189 e. The molecule has 0 aliphatic rings. The number of ether oxygens (including phenoxy) is 4. The maximum atomic E-state index is 13.7. The number of ketones is 1. The van der Waals surface area contributed by atoms with Gasteiger partial charge < -0.3 is 18.9 Å². The van der Waals surface area contributed by atoms with E-state index < -0.39 is 0 Å².